The van der Waals surface area contributed by atoms with Gasteiger partial charge in [0.05, 0.1) is 4.75 Å². The van der Waals surface area contributed by atoms with Crippen molar-refractivity contribution in [1.29, 1.82) is 0 Å². The molecule has 0 aliphatic heterocycles. The molecule has 0 amide bonds. The minimum Gasteiger partial charge on any atom is -0.264 e. The zero-order valence-electron chi connectivity index (χ0n) is 8.90. The fourth-order valence-corrected chi connectivity index (χ4v) is 1.60. The molecule has 0 fully saturated rings. The number of rotatable bonds is 2. The number of nitrogens with zero attached hydrogens (tertiary/aromatic N) is 2. The van der Waals surface area contributed by atoms with Crippen LogP contribution >= 0.6 is 15.9 Å². The molecule has 0 unspecified atom stereocenters. The standard InChI is InChI=1S/C10H13BrN2OS/c1-10(2,3)15(14)13-7-8-6-12-5-4-9(8)11/h4-7H,1-3H3/b13-7+/t15-/m0/s1. The van der Waals surface area contributed by atoms with E-state index >= 15 is 0 Å². The molecule has 1 rings (SSSR count). The molecule has 0 spiro atoms. The van der Waals surface area contributed by atoms with E-state index in [-0.39, 0.29) is 4.75 Å². The Kier molecular flexibility index (Phi) is 4.16. The Morgan fingerprint density at radius 2 is 2.20 bits per heavy atom. The Balaban J connectivity index is 2.84. The van der Waals surface area contributed by atoms with E-state index in [1.54, 1.807) is 18.6 Å². The van der Waals surface area contributed by atoms with E-state index in [1.165, 1.54) is 0 Å². The molecule has 0 saturated carbocycles. The molecule has 0 N–H and O–H groups in total. The Bertz CT molecular complexity index is 399. The number of aromatic nitrogens is 1. The van der Waals surface area contributed by atoms with Crippen LogP contribution in [-0.2, 0) is 11.0 Å². The normalized spacial score (nSPS) is 14.4. The molecular formula is C10H13BrN2OS. The summed E-state index contributed by atoms with van der Waals surface area (Å²) < 4.78 is 16.2. The molecule has 82 valence electrons. The van der Waals surface area contributed by atoms with E-state index in [0.29, 0.717) is 0 Å². The van der Waals surface area contributed by atoms with E-state index in [2.05, 4.69) is 25.3 Å². The summed E-state index contributed by atoms with van der Waals surface area (Å²) >= 11 is 3.37. The average molecular weight is 289 g/mol. The van der Waals surface area contributed by atoms with Crippen molar-refractivity contribution in [3.8, 4) is 0 Å². The predicted molar refractivity (Wildman–Crippen MR) is 67.4 cm³/mol. The first-order valence-corrected chi connectivity index (χ1v) is 6.37. The fraction of sp³-hybridized carbons (Fsp3) is 0.400. The second-order valence-electron chi connectivity index (χ2n) is 3.99. The molecule has 5 heteroatoms. The summed E-state index contributed by atoms with van der Waals surface area (Å²) in [5, 5.41) is 0. The van der Waals surface area contributed by atoms with Gasteiger partial charge in [-0.1, -0.05) is 15.9 Å². The van der Waals surface area contributed by atoms with Crippen molar-refractivity contribution < 1.29 is 4.21 Å². The van der Waals surface area contributed by atoms with Gasteiger partial charge in [-0.3, -0.25) is 4.98 Å². The molecule has 1 aromatic rings. The van der Waals surface area contributed by atoms with Crippen LogP contribution in [0.4, 0.5) is 0 Å². The van der Waals surface area contributed by atoms with Gasteiger partial charge < -0.3 is 0 Å². The minimum atomic E-state index is -1.23. The summed E-state index contributed by atoms with van der Waals surface area (Å²) in [5.74, 6) is 0. The van der Waals surface area contributed by atoms with Gasteiger partial charge in [0.15, 0.2) is 0 Å². The lowest BCUT2D eigenvalue weighted by Crippen LogP contribution is -2.19. The molecule has 1 atom stereocenters. The summed E-state index contributed by atoms with van der Waals surface area (Å²) in [6, 6.07) is 1.82. The predicted octanol–water partition coefficient (Wildman–Crippen LogP) is 2.73. The lowest BCUT2D eigenvalue weighted by Gasteiger charge is -2.12. The van der Waals surface area contributed by atoms with Gasteiger partial charge in [0.25, 0.3) is 0 Å². The quantitative estimate of drug-likeness (QED) is 0.786. The van der Waals surface area contributed by atoms with Gasteiger partial charge in [-0.2, -0.15) is 4.40 Å². The zero-order valence-corrected chi connectivity index (χ0v) is 11.3. The second-order valence-corrected chi connectivity index (χ2v) is 6.78. The molecular weight excluding hydrogens is 276 g/mol. The average Bonchev–Trinajstić information content (AvgIpc) is 2.14. The molecule has 0 bridgehead atoms. The largest absolute Gasteiger partial charge is 0.264 e. The fourth-order valence-electron chi connectivity index (χ4n) is 0.747. The van der Waals surface area contributed by atoms with Gasteiger partial charge in [-0.25, -0.2) is 4.21 Å². The van der Waals surface area contributed by atoms with Crippen molar-refractivity contribution in [2.24, 2.45) is 4.40 Å². The summed E-state index contributed by atoms with van der Waals surface area (Å²) in [6.07, 6.45) is 4.94. The van der Waals surface area contributed by atoms with Gasteiger partial charge in [0.2, 0.25) is 0 Å². The van der Waals surface area contributed by atoms with Crippen molar-refractivity contribution in [1.82, 2.24) is 4.98 Å². The highest BCUT2D eigenvalue weighted by Crippen LogP contribution is 2.15. The minimum absolute atomic E-state index is 0.328. The highest BCUT2D eigenvalue weighted by Gasteiger charge is 2.18. The van der Waals surface area contributed by atoms with Crippen LogP contribution < -0.4 is 0 Å². The molecule has 15 heavy (non-hydrogen) atoms. The van der Waals surface area contributed by atoms with Crippen molar-refractivity contribution in [2.45, 2.75) is 25.5 Å². The Morgan fingerprint density at radius 3 is 2.73 bits per heavy atom. The molecule has 0 saturated heterocycles. The molecule has 1 aromatic heterocycles. The van der Waals surface area contributed by atoms with Crippen molar-refractivity contribution in [3.05, 3.63) is 28.5 Å². The SMILES string of the molecule is CC(C)(C)[S@](=O)/N=C/c1cnccc1Br. The molecule has 0 aromatic carbocycles. The lowest BCUT2D eigenvalue weighted by molar-refractivity contribution is 0.651. The van der Waals surface area contributed by atoms with E-state index < -0.39 is 11.0 Å². The highest BCUT2D eigenvalue weighted by molar-refractivity contribution is 9.10. The number of hydrogen-bond acceptors (Lipinski definition) is 2. The van der Waals surface area contributed by atoms with E-state index in [0.717, 1.165) is 10.0 Å². The summed E-state index contributed by atoms with van der Waals surface area (Å²) in [7, 11) is -1.23. The zero-order chi connectivity index (χ0) is 11.5. The van der Waals surface area contributed by atoms with Crippen LogP contribution in [0.25, 0.3) is 0 Å². The monoisotopic (exact) mass is 288 g/mol. The van der Waals surface area contributed by atoms with Gasteiger partial charge in [-0.05, 0) is 26.8 Å². The van der Waals surface area contributed by atoms with Crippen molar-refractivity contribution >= 4 is 33.1 Å². The van der Waals surface area contributed by atoms with Crippen LogP contribution in [0, 0.1) is 0 Å². The number of halogens is 1. The van der Waals surface area contributed by atoms with Gasteiger partial charge in [0, 0.05) is 28.6 Å². The van der Waals surface area contributed by atoms with Crippen molar-refractivity contribution in [2.75, 3.05) is 0 Å². The molecule has 0 aliphatic rings. The van der Waals surface area contributed by atoms with Crippen LogP contribution in [0.1, 0.15) is 26.3 Å². The first-order valence-electron chi connectivity index (χ1n) is 4.47. The second kappa shape index (κ2) is 4.99. The smallest absolute Gasteiger partial charge is 0.144 e. The van der Waals surface area contributed by atoms with Crippen LogP contribution in [-0.4, -0.2) is 20.2 Å². The Labute approximate surface area is 101 Å². The summed E-state index contributed by atoms with van der Waals surface area (Å²) in [6.45, 7) is 5.66. The third-order valence-corrected chi connectivity index (χ3v) is 3.67. The van der Waals surface area contributed by atoms with E-state index in [1.807, 2.05) is 26.8 Å². The molecule has 0 radical (unpaired) electrons. The van der Waals surface area contributed by atoms with Crippen LogP contribution in [0.5, 0.6) is 0 Å². The van der Waals surface area contributed by atoms with Crippen LogP contribution in [0.15, 0.2) is 27.3 Å². The number of pyridine rings is 1. The third-order valence-electron chi connectivity index (χ3n) is 1.61. The van der Waals surface area contributed by atoms with Crippen LogP contribution in [0.3, 0.4) is 0 Å². The third kappa shape index (κ3) is 3.83. The topological polar surface area (TPSA) is 42.3 Å². The van der Waals surface area contributed by atoms with Gasteiger partial charge >= 0.3 is 0 Å². The molecule has 1 heterocycles. The molecule has 0 aliphatic carbocycles. The maximum Gasteiger partial charge on any atom is 0.144 e. The van der Waals surface area contributed by atoms with Gasteiger partial charge in [0.1, 0.15) is 11.0 Å². The van der Waals surface area contributed by atoms with Gasteiger partial charge in [-0.15, -0.1) is 0 Å². The van der Waals surface area contributed by atoms with Crippen molar-refractivity contribution in [3.63, 3.8) is 0 Å². The highest BCUT2D eigenvalue weighted by atomic mass is 79.9. The van der Waals surface area contributed by atoms with E-state index in [4.69, 9.17) is 0 Å². The summed E-state index contributed by atoms with van der Waals surface area (Å²) in [5.41, 5.74) is 0.829. The summed E-state index contributed by atoms with van der Waals surface area (Å²) in [4.78, 5) is 3.97. The van der Waals surface area contributed by atoms with Crippen LogP contribution in [0.2, 0.25) is 0 Å². The molecule has 3 nitrogen and oxygen atoms in total. The maximum absolute atomic E-state index is 11.6. The lowest BCUT2D eigenvalue weighted by atomic mass is 10.3. The Hall–Kier alpha value is -0.550. The Morgan fingerprint density at radius 1 is 1.53 bits per heavy atom. The maximum atomic E-state index is 11.6. The first kappa shape index (κ1) is 12.5. The number of hydrogen-bond donors (Lipinski definition) is 0. The van der Waals surface area contributed by atoms with E-state index in [9.17, 15) is 4.21 Å². The first-order chi connectivity index (χ1) is 6.91.